The van der Waals surface area contributed by atoms with E-state index in [-0.39, 0.29) is 5.56 Å². The minimum atomic E-state index is -0.0942. The third-order valence-corrected chi connectivity index (χ3v) is 2.55. The van der Waals surface area contributed by atoms with Crippen molar-refractivity contribution in [3.63, 3.8) is 0 Å². The lowest BCUT2D eigenvalue weighted by atomic mass is 10.2. The molecule has 0 fully saturated rings. The smallest absolute Gasteiger partial charge is 0.251 e. The van der Waals surface area contributed by atoms with E-state index in [9.17, 15) is 4.79 Å². The topological polar surface area (TPSA) is 78.7 Å². The Labute approximate surface area is 105 Å². The van der Waals surface area contributed by atoms with E-state index in [2.05, 4.69) is 23.9 Å². The SMILES string of the molecule is CC(C)Cn1ncnc1Cn1cc(N)ccc1=O. The average molecular weight is 247 g/mol. The highest BCUT2D eigenvalue weighted by molar-refractivity contribution is 5.33. The van der Waals surface area contributed by atoms with Crippen molar-refractivity contribution in [3.8, 4) is 0 Å². The van der Waals surface area contributed by atoms with Gasteiger partial charge in [-0.25, -0.2) is 9.67 Å². The summed E-state index contributed by atoms with van der Waals surface area (Å²) in [6.07, 6.45) is 3.13. The van der Waals surface area contributed by atoms with Crippen LogP contribution in [-0.4, -0.2) is 19.3 Å². The predicted octanol–water partition coefficient (Wildman–Crippen LogP) is 0.726. The van der Waals surface area contributed by atoms with E-state index >= 15 is 0 Å². The number of nitrogens with zero attached hydrogens (tertiary/aromatic N) is 4. The lowest BCUT2D eigenvalue weighted by Gasteiger charge is -2.10. The Morgan fingerprint density at radius 1 is 1.39 bits per heavy atom. The van der Waals surface area contributed by atoms with Crippen LogP contribution < -0.4 is 11.3 Å². The van der Waals surface area contributed by atoms with Gasteiger partial charge in [0.15, 0.2) is 0 Å². The highest BCUT2D eigenvalue weighted by atomic mass is 16.1. The van der Waals surface area contributed by atoms with Crippen LogP contribution in [0.1, 0.15) is 19.7 Å². The van der Waals surface area contributed by atoms with Crippen LogP contribution in [-0.2, 0) is 13.1 Å². The third kappa shape index (κ3) is 2.77. The van der Waals surface area contributed by atoms with E-state index < -0.39 is 0 Å². The zero-order valence-electron chi connectivity index (χ0n) is 10.6. The largest absolute Gasteiger partial charge is 0.398 e. The summed E-state index contributed by atoms with van der Waals surface area (Å²) in [4.78, 5) is 15.9. The summed E-state index contributed by atoms with van der Waals surface area (Å²) < 4.78 is 3.36. The number of hydrogen-bond acceptors (Lipinski definition) is 4. The predicted molar refractivity (Wildman–Crippen MR) is 69.1 cm³/mol. The van der Waals surface area contributed by atoms with Gasteiger partial charge >= 0.3 is 0 Å². The summed E-state index contributed by atoms with van der Waals surface area (Å²) >= 11 is 0. The number of aromatic nitrogens is 4. The van der Waals surface area contributed by atoms with Crippen LogP contribution in [0.4, 0.5) is 5.69 Å². The van der Waals surface area contributed by atoms with Gasteiger partial charge in [-0.15, -0.1) is 0 Å². The Bertz CT molecular complexity index is 584. The molecule has 6 nitrogen and oxygen atoms in total. The summed E-state index contributed by atoms with van der Waals surface area (Å²) in [7, 11) is 0. The van der Waals surface area contributed by atoms with Crippen LogP contribution in [0, 0.1) is 5.92 Å². The molecule has 96 valence electrons. The molecule has 0 aliphatic carbocycles. The molecule has 2 aromatic heterocycles. The Balaban J connectivity index is 2.26. The molecule has 2 rings (SSSR count). The van der Waals surface area contributed by atoms with Gasteiger partial charge in [-0.05, 0) is 12.0 Å². The van der Waals surface area contributed by atoms with Crippen LogP contribution in [0.2, 0.25) is 0 Å². The third-order valence-electron chi connectivity index (χ3n) is 2.55. The second-order valence-electron chi connectivity index (χ2n) is 4.68. The van der Waals surface area contributed by atoms with Gasteiger partial charge in [0.25, 0.3) is 5.56 Å². The molecule has 0 unspecified atom stereocenters. The molecule has 0 atom stereocenters. The van der Waals surface area contributed by atoms with Crippen molar-refractivity contribution in [1.29, 1.82) is 0 Å². The Morgan fingerprint density at radius 2 is 2.17 bits per heavy atom. The van der Waals surface area contributed by atoms with Crippen molar-refractivity contribution in [3.05, 3.63) is 40.8 Å². The molecular formula is C12H17N5O. The number of rotatable bonds is 4. The fraction of sp³-hybridized carbons (Fsp3) is 0.417. The van der Waals surface area contributed by atoms with Crippen LogP contribution in [0.15, 0.2) is 29.5 Å². The number of hydrogen-bond donors (Lipinski definition) is 1. The zero-order valence-corrected chi connectivity index (χ0v) is 10.6. The van der Waals surface area contributed by atoms with Crippen LogP contribution >= 0.6 is 0 Å². The number of anilines is 1. The molecule has 0 spiro atoms. The van der Waals surface area contributed by atoms with Crippen molar-refractivity contribution in [1.82, 2.24) is 19.3 Å². The molecule has 6 heteroatoms. The van der Waals surface area contributed by atoms with Gasteiger partial charge in [0.1, 0.15) is 12.2 Å². The molecule has 2 N–H and O–H groups in total. The maximum atomic E-state index is 11.7. The van der Waals surface area contributed by atoms with Gasteiger partial charge in [0.05, 0.1) is 6.54 Å². The molecule has 18 heavy (non-hydrogen) atoms. The van der Waals surface area contributed by atoms with E-state index in [0.29, 0.717) is 18.2 Å². The van der Waals surface area contributed by atoms with Crippen molar-refractivity contribution in [2.75, 3.05) is 5.73 Å². The van der Waals surface area contributed by atoms with Crippen LogP contribution in [0.3, 0.4) is 0 Å². The standard InChI is InChI=1S/C12H17N5O/c1-9(2)5-17-11(14-8-15-17)7-16-6-10(13)3-4-12(16)18/h3-4,6,8-9H,5,7,13H2,1-2H3. The van der Waals surface area contributed by atoms with Gasteiger partial charge in [-0.2, -0.15) is 5.10 Å². The van der Waals surface area contributed by atoms with Gasteiger partial charge in [0.2, 0.25) is 0 Å². The summed E-state index contributed by atoms with van der Waals surface area (Å²) in [5.74, 6) is 1.24. The van der Waals surface area contributed by atoms with Crippen LogP contribution in [0.5, 0.6) is 0 Å². The van der Waals surface area contributed by atoms with Crippen molar-refractivity contribution in [2.24, 2.45) is 5.92 Å². The molecule has 2 aromatic rings. The minimum absolute atomic E-state index is 0.0942. The van der Waals surface area contributed by atoms with Crippen LogP contribution in [0.25, 0.3) is 0 Å². The zero-order chi connectivity index (χ0) is 13.1. The molecule has 0 saturated heterocycles. The second-order valence-corrected chi connectivity index (χ2v) is 4.68. The molecule has 0 aliphatic rings. The lowest BCUT2D eigenvalue weighted by molar-refractivity contribution is 0.460. The molecular weight excluding hydrogens is 230 g/mol. The number of nitrogens with two attached hydrogens (primary N) is 1. The minimum Gasteiger partial charge on any atom is -0.398 e. The number of pyridine rings is 1. The first-order chi connectivity index (χ1) is 8.56. The van der Waals surface area contributed by atoms with E-state index in [4.69, 9.17) is 5.73 Å². The normalized spacial score (nSPS) is 11.1. The van der Waals surface area contributed by atoms with E-state index in [0.717, 1.165) is 12.4 Å². The molecule has 0 radical (unpaired) electrons. The Kier molecular flexibility index (Phi) is 3.45. The molecule has 0 bridgehead atoms. The Hall–Kier alpha value is -2.11. The Morgan fingerprint density at radius 3 is 2.89 bits per heavy atom. The first-order valence-corrected chi connectivity index (χ1v) is 5.89. The number of nitrogen functional groups attached to an aromatic ring is 1. The summed E-state index contributed by atoms with van der Waals surface area (Å²) in [6, 6.07) is 3.05. The second kappa shape index (κ2) is 5.03. The maximum Gasteiger partial charge on any atom is 0.251 e. The van der Waals surface area contributed by atoms with Gasteiger partial charge in [-0.1, -0.05) is 13.8 Å². The quantitative estimate of drug-likeness (QED) is 0.863. The monoisotopic (exact) mass is 247 g/mol. The highest BCUT2D eigenvalue weighted by Gasteiger charge is 2.07. The molecule has 0 aliphatic heterocycles. The van der Waals surface area contributed by atoms with Gasteiger partial charge < -0.3 is 10.3 Å². The van der Waals surface area contributed by atoms with Gasteiger partial charge in [0, 0.05) is 24.5 Å². The van der Waals surface area contributed by atoms with Gasteiger partial charge in [-0.3, -0.25) is 4.79 Å². The van der Waals surface area contributed by atoms with E-state index in [1.54, 1.807) is 12.3 Å². The first kappa shape index (κ1) is 12.3. The van der Waals surface area contributed by atoms with E-state index in [1.807, 2.05) is 4.68 Å². The summed E-state index contributed by atoms with van der Waals surface area (Å²) in [6.45, 7) is 5.39. The van der Waals surface area contributed by atoms with Crippen molar-refractivity contribution >= 4 is 5.69 Å². The molecule has 0 amide bonds. The highest BCUT2D eigenvalue weighted by Crippen LogP contribution is 2.04. The summed E-state index contributed by atoms with van der Waals surface area (Å²) in [5.41, 5.74) is 6.14. The average Bonchev–Trinajstić information content (AvgIpc) is 2.70. The summed E-state index contributed by atoms with van der Waals surface area (Å²) in [5, 5.41) is 4.16. The molecule has 2 heterocycles. The lowest BCUT2D eigenvalue weighted by Crippen LogP contribution is -2.22. The first-order valence-electron chi connectivity index (χ1n) is 5.89. The van der Waals surface area contributed by atoms with Crippen molar-refractivity contribution in [2.45, 2.75) is 26.9 Å². The molecule has 0 aromatic carbocycles. The molecule has 0 saturated carbocycles. The maximum absolute atomic E-state index is 11.7. The van der Waals surface area contributed by atoms with Crippen molar-refractivity contribution < 1.29 is 0 Å². The fourth-order valence-electron chi connectivity index (χ4n) is 1.73. The fourth-order valence-corrected chi connectivity index (χ4v) is 1.73. The van der Waals surface area contributed by atoms with E-state index in [1.165, 1.54) is 17.0 Å².